The van der Waals surface area contributed by atoms with E-state index in [1.165, 1.54) is 6.07 Å². The van der Waals surface area contributed by atoms with Crippen LogP contribution < -0.4 is 0 Å². The maximum absolute atomic E-state index is 13.6. The summed E-state index contributed by atoms with van der Waals surface area (Å²) in [7, 11) is 0. The van der Waals surface area contributed by atoms with Crippen molar-refractivity contribution in [2.24, 2.45) is 0 Å². The topological polar surface area (TPSA) is 33.6 Å². The van der Waals surface area contributed by atoms with Gasteiger partial charge in [-0.25, -0.2) is 4.39 Å². The number of rotatable bonds is 2. The molecule has 0 aliphatic rings. The Bertz CT molecular complexity index is 853. The van der Waals surface area contributed by atoms with Gasteiger partial charge < -0.3 is 9.55 Å². The molecule has 0 aliphatic heterocycles. The van der Waals surface area contributed by atoms with Crippen LogP contribution >= 0.6 is 23.8 Å². The van der Waals surface area contributed by atoms with E-state index in [2.05, 4.69) is 9.97 Å². The van der Waals surface area contributed by atoms with Gasteiger partial charge in [0.2, 0.25) is 0 Å². The third-order valence-corrected chi connectivity index (χ3v) is 3.85. The Morgan fingerprint density at radius 1 is 1.45 bits per heavy atom. The Kier molecular flexibility index (Phi) is 3.31. The SMILES string of the molecule is Cc1cccnc1Cn1c(=S)[nH]c2cc(Cl)c(F)cc21. The van der Waals surface area contributed by atoms with Crippen LogP contribution in [0, 0.1) is 17.5 Å². The summed E-state index contributed by atoms with van der Waals surface area (Å²) < 4.78 is 16.0. The molecule has 2 aromatic heterocycles. The normalized spacial score (nSPS) is 11.2. The van der Waals surface area contributed by atoms with Gasteiger partial charge in [-0.2, -0.15) is 0 Å². The van der Waals surface area contributed by atoms with Crippen molar-refractivity contribution in [1.29, 1.82) is 0 Å². The van der Waals surface area contributed by atoms with Gasteiger partial charge in [0.1, 0.15) is 5.82 Å². The molecule has 0 aliphatic carbocycles. The molecule has 20 heavy (non-hydrogen) atoms. The summed E-state index contributed by atoms with van der Waals surface area (Å²) in [4.78, 5) is 7.37. The monoisotopic (exact) mass is 307 g/mol. The molecule has 1 N–H and O–H groups in total. The minimum atomic E-state index is -0.459. The molecule has 0 radical (unpaired) electrons. The highest BCUT2D eigenvalue weighted by Gasteiger charge is 2.10. The first-order valence-corrected chi connectivity index (χ1v) is 6.83. The summed E-state index contributed by atoms with van der Waals surface area (Å²) in [6.45, 7) is 2.48. The van der Waals surface area contributed by atoms with Gasteiger partial charge in [0.05, 0.1) is 28.3 Å². The maximum Gasteiger partial charge on any atom is 0.178 e. The fourth-order valence-electron chi connectivity index (χ4n) is 2.14. The van der Waals surface area contributed by atoms with Crippen molar-refractivity contribution < 1.29 is 4.39 Å². The maximum atomic E-state index is 13.6. The van der Waals surface area contributed by atoms with Gasteiger partial charge >= 0.3 is 0 Å². The Balaban J connectivity index is 2.17. The first-order chi connectivity index (χ1) is 9.56. The number of aromatic amines is 1. The average molecular weight is 308 g/mol. The number of fused-ring (bicyclic) bond motifs is 1. The molecule has 3 rings (SSSR count). The fourth-order valence-corrected chi connectivity index (χ4v) is 2.58. The van der Waals surface area contributed by atoms with Crippen LogP contribution in [0.3, 0.4) is 0 Å². The number of H-pyrrole nitrogens is 1. The van der Waals surface area contributed by atoms with E-state index in [1.54, 1.807) is 12.3 Å². The number of hydrogen-bond donors (Lipinski definition) is 1. The van der Waals surface area contributed by atoms with Gasteiger partial charge in [0, 0.05) is 12.3 Å². The largest absolute Gasteiger partial charge is 0.331 e. The predicted molar refractivity (Wildman–Crippen MR) is 80.2 cm³/mol. The van der Waals surface area contributed by atoms with Crippen LogP contribution in [0.5, 0.6) is 0 Å². The van der Waals surface area contributed by atoms with E-state index in [0.717, 1.165) is 16.8 Å². The molecule has 0 atom stereocenters. The second-order valence-electron chi connectivity index (χ2n) is 4.57. The van der Waals surface area contributed by atoms with E-state index < -0.39 is 5.82 Å². The molecule has 2 heterocycles. The minimum Gasteiger partial charge on any atom is -0.331 e. The van der Waals surface area contributed by atoms with Crippen molar-refractivity contribution in [2.75, 3.05) is 0 Å². The highest BCUT2D eigenvalue weighted by Crippen LogP contribution is 2.23. The molecule has 3 nitrogen and oxygen atoms in total. The number of hydrogen-bond acceptors (Lipinski definition) is 2. The molecule has 6 heteroatoms. The van der Waals surface area contributed by atoms with E-state index in [1.807, 2.05) is 23.6 Å². The van der Waals surface area contributed by atoms with Gasteiger partial charge in [0.15, 0.2) is 4.77 Å². The average Bonchev–Trinajstić information content (AvgIpc) is 2.69. The van der Waals surface area contributed by atoms with Gasteiger partial charge in [-0.3, -0.25) is 4.98 Å². The Labute approximate surface area is 125 Å². The van der Waals surface area contributed by atoms with E-state index in [-0.39, 0.29) is 5.02 Å². The number of halogens is 2. The molecule has 0 amide bonds. The van der Waals surface area contributed by atoms with Crippen LogP contribution in [0.2, 0.25) is 5.02 Å². The van der Waals surface area contributed by atoms with Crippen LogP contribution in [-0.4, -0.2) is 14.5 Å². The Morgan fingerprint density at radius 2 is 2.25 bits per heavy atom. The van der Waals surface area contributed by atoms with E-state index in [0.29, 0.717) is 16.8 Å². The second kappa shape index (κ2) is 5.00. The summed E-state index contributed by atoms with van der Waals surface area (Å²) >= 11 is 11.1. The predicted octanol–water partition coefficient (Wildman–Crippen LogP) is 4.24. The highest BCUT2D eigenvalue weighted by molar-refractivity contribution is 7.71. The summed E-state index contributed by atoms with van der Waals surface area (Å²) in [5, 5.41) is 0.0786. The molecule has 0 fully saturated rings. The van der Waals surface area contributed by atoms with E-state index in [9.17, 15) is 4.39 Å². The van der Waals surface area contributed by atoms with Crippen molar-refractivity contribution in [3.05, 3.63) is 57.3 Å². The van der Waals surface area contributed by atoms with E-state index >= 15 is 0 Å². The quantitative estimate of drug-likeness (QED) is 0.718. The number of nitrogens with one attached hydrogen (secondary N) is 1. The molecular weight excluding hydrogens is 297 g/mol. The van der Waals surface area contributed by atoms with Crippen LogP contribution in [0.4, 0.5) is 4.39 Å². The van der Waals surface area contributed by atoms with Crippen molar-refractivity contribution in [3.63, 3.8) is 0 Å². The second-order valence-corrected chi connectivity index (χ2v) is 5.36. The third-order valence-electron chi connectivity index (χ3n) is 3.24. The zero-order chi connectivity index (χ0) is 14.3. The first-order valence-electron chi connectivity index (χ1n) is 6.04. The van der Waals surface area contributed by atoms with Crippen LogP contribution in [-0.2, 0) is 6.54 Å². The lowest BCUT2D eigenvalue weighted by atomic mass is 10.2. The van der Waals surface area contributed by atoms with Crippen LogP contribution in [0.25, 0.3) is 11.0 Å². The summed E-state index contributed by atoms with van der Waals surface area (Å²) in [6, 6.07) is 6.80. The first kappa shape index (κ1) is 13.3. The number of nitrogens with zero attached hydrogens (tertiary/aromatic N) is 2. The number of aryl methyl sites for hydroxylation is 1. The molecule has 0 unspecified atom stereocenters. The van der Waals surface area contributed by atoms with Gasteiger partial charge in [-0.15, -0.1) is 0 Å². The molecule has 0 spiro atoms. The van der Waals surface area contributed by atoms with E-state index in [4.69, 9.17) is 23.8 Å². The number of benzene rings is 1. The van der Waals surface area contributed by atoms with Crippen molar-refractivity contribution >= 4 is 34.9 Å². The number of aromatic nitrogens is 3. The lowest BCUT2D eigenvalue weighted by Crippen LogP contribution is -2.03. The molecule has 3 aromatic rings. The molecular formula is C14H11ClFN3S. The molecule has 1 aromatic carbocycles. The summed E-state index contributed by atoms with van der Waals surface area (Å²) in [5.74, 6) is -0.459. The zero-order valence-corrected chi connectivity index (χ0v) is 12.2. The summed E-state index contributed by atoms with van der Waals surface area (Å²) in [5.41, 5.74) is 3.37. The summed E-state index contributed by atoms with van der Waals surface area (Å²) in [6.07, 6.45) is 1.73. The smallest absolute Gasteiger partial charge is 0.178 e. The standard InChI is InChI=1S/C14H11ClFN3S/c1-8-3-2-4-17-12(8)7-19-13-6-10(16)9(15)5-11(13)18-14(19)20/h2-6H,7H2,1H3,(H,18,20). The van der Waals surface area contributed by atoms with Gasteiger partial charge in [-0.05, 0) is 36.8 Å². The van der Waals surface area contributed by atoms with Crippen LogP contribution in [0.1, 0.15) is 11.3 Å². The van der Waals surface area contributed by atoms with Crippen molar-refractivity contribution in [3.8, 4) is 0 Å². The molecule has 0 saturated carbocycles. The third kappa shape index (κ3) is 2.23. The Morgan fingerprint density at radius 3 is 3.00 bits per heavy atom. The molecule has 0 bridgehead atoms. The minimum absolute atomic E-state index is 0.0786. The van der Waals surface area contributed by atoms with Gasteiger partial charge in [0.25, 0.3) is 0 Å². The zero-order valence-electron chi connectivity index (χ0n) is 10.7. The number of pyridine rings is 1. The number of imidazole rings is 1. The fraction of sp³-hybridized carbons (Fsp3) is 0.143. The highest BCUT2D eigenvalue weighted by atomic mass is 35.5. The molecule has 102 valence electrons. The molecule has 0 saturated heterocycles. The lowest BCUT2D eigenvalue weighted by molar-refractivity contribution is 0.628. The van der Waals surface area contributed by atoms with Gasteiger partial charge in [-0.1, -0.05) is 17.7 Å². The Hall–Kier alpha value is -1.72. The van der Waals surface area contributed by atoms with Crippen molar-refractivity contribution in [2.45, 2.75) is 13.5 Å². The van der Waals surface area contributed by atoms with Crippen molar-refractivity contribution in [1.82, 2.24) is 14.5 Å². The lowest BCUT2D eigenvalue weighted by Gasteiger charge is -2.07. The van der Waals surface area contributed by atoms with Crippen LogP contribution in [0.15, 0.2) is 30.5 Å².